The lowest BCUT2D eigenvalue weighted by Gasteiger charge is -2.32. The number of hydrogen-bond acceptors (Lipinski definition) is 4. The van der Waals surface area contributed by atoms with Crippen molar-refractivity contribution in [2.75, 3.05) is 0 Å². The summed E-state index contributed by atoms with van der Waals surface area (Å²) in [6.07, 6.45) is 0. The highest BCUT2D eigenvalue weighted by Gasteiger charge is 2.48. The Morgan fingerprint density at radius 2 is 0.982 bits per heavy atom. The highest BCUT2D eigenvalue weighted by Crippen LogP contribution is 2.55. The van der Waals surface area contributed by atoms with E-state index in [1.807, 2.05) is 11.3 Å². The zero-order chi connectivity index (χ0) is 37.5. The molecule has 12 rings (SSSR count). The summed E-state index contributed by atoms with van der Waals surface area (Å²) in [4.78, 5) is 16.6. The minimum absolute atomic E-state index is 0.585. The van der Waals surface area contributed by atoms with Crippen LogP contribution in [0, 0.1) is 0 Å². The summed E-state index contributed by atoms with van der Waals surface area (Å²) in [5.74, 6) is 1.89. The fourth-order valence-electron chi connectivity index (χ4n) is 9.25. The van der Waals surface area contributed by atoms with Crippen molar-refractivity contribution in [2.45, 2.75) is 5.41 Å². The van der Waals surface area contributed by atoms with Crippen molar-refractivity contribution < 1.29 is 0 Å². The van der Waals surface area contributed by atoms with E-state index in [1.54, 1.807) is 0 Å². The van der Waals surface area contributed by atoms with Gasteiger partial charge in [-0.3, -0.25) is 4.57 Å². The standard InChI is InChI=1S/C52H32N4S/c1-2-17-36(18-3-1)52(43-24-9-4-19-37(43)38-20-5-10-25-44(38)52)50-53-49(54-51(55-50)56-45-26-11-6-21-39(45)40-22-7-12-27-46(40)56)35-16-14-15-33(31-35)34-29-30-42-41-23-8-13-28-47(41)57-48(42)32-34/h1-32H. The van der Waals surface area contributed by atoms with Gasteiger partial charge in [0.25, 0.3) is 0 Å². The largest absolute Gasteiger partial charge is 0.278 e. The third kappa shape index (κ3) is 4.70. The molecule has 0 unspecified atom stereocenters. The number of para-hydroxylation sites is 2. The Balaban J connectivity index is 1.15. The second-order valence-corrected chi connectivity index (χ2v) is 15.8. The molecule has 266 valence electrons. The van der Waals surface area contributed by atoms with Gasteiger partial charge in [-0.2, -0.15) is 9.97 Å². The summed E-state index contributed by atoms with van der Waals surface area (Å²) in [5.41, 5.74) is 10.3. The number of rotatable bonds is 5. The summed E-state index contributed by atoms with van der Waals surface area (Å²) in [6, 6.07) is 69.4. The molecule has 11 aromatic rings. The lowest BCUT2D eigenvalue weighted by Crippen LogP contribution is -2.32. The molecule has 0 aliphatic heterocycles. The van der Waals surface area contributed by atoms with Gasteiger partial charge in [-0.1, -0.05) is 164 Å². The molecule has 3 heterocycles. The summed E-state index contributed by atoms with van der Waals surface area (Å²) in [5, 5.41) is 4.90. The minimum atomic E-state index is -0.802. The lowest BCUT2D eigenvalue weighted by molar-refractivity contribution is 0.683. The van der Waals surface area contributed by atoms with Crippen LogP contribution >= 0.6 is 11.3 Å². The van der Waals surface area contributed by atoms with Gasteiger partial charge in [0.15, 0.2) is 11.6 Å². The van der Waals surface area contributed by atoms with E-state index in [0.29, 0.717) is 17.6 Å². The molecule has 4 nitrogen and oxygen atoms in total. The predicted molar refractivity (Wildman–Crippen MR) is 235 cm³/mol. The van der Waals surface area contributed by atoms with E-state index >= 15 is 0 Å². The first-order valence-electron chi connectivity index (χ1n) is 19.3. The molecular weight excluding hydrogens is 713 g/mol. The van der Waals surface area contributed by atoms with Crippen LogP contribution in [0.2, 0.25) is 0 Å². The van der Waals surface area contributed by atoms with E-state index in [4.69, 9.17) is 15.0 Å². The molecule has 0 bridgehead atoms. The van der Waals surface area contributed by atoms with Gasteiger partial charge in [0.2, 0.25) is 5.95 Å². The van der Waals surface area contributed by atoms with Crippen LogP contribution in [0.15, 0.2) is 194 Å². The maximum absolute atomic E-state index is 5.61. The van der Waals surface area contributed by atoms with E-state index in [1.165, 1.54) is 31.3 Å². The molecular formula is C52H32N4S. The van der Waals surface area contributed by atoms with Gasteiger partial charge >= 0.3 is 0 Å². The number of nitrogens with zero attached hydrogens (tertiary/aromatic N) is 4. The maximum atomic E-state index is 5.61. The zero-order valence-electron chi connectivity index (χ0n) is 30.7. The summed E-state index contributed by atoms with van der Waals surface area (Å²) >= 11 is 1.84. The van der Waals surface area contributed by atoms with Crippen LogP contribution in [0.3, 0.4) is 0 Å². The van der Waals surface area contributed by atoms with Crippen LogP contribution in [-0.2, 0) is 5.41 Å². The molecule has 0 spiro atoms. The Morgan fingerprint density at radius 1 is 0.404 bits per heavy atom. The van der Waals surface area contributed by atoms with Gasteiger partial charge in [0.05, 0.1) is 11.0 Å². The van der Waals surface area contributed by atoms with E-state index in [-0.39, 0.29) is 0 Å². The third-order valence-corrected chi connectivity index (χ3v) is 12.9. The van der Waals surface area contributed by atoms with Crippen LogP contribution in [0.1, 0.15) is 22.5 Å². The molecule has 5 heteroatoms. The molecule has 0 fully saturated rings. The topological polar surface area (TPSA) is 43.6 Å². The minimum Gasteiger partial charge on any atom is -0.278 e. The molecule has 0 radical (unpaired) electrons. The quantitative estimate of drug-likeness (QED) is 0.176. The summed E-state index contributed by atoms with van der Waals surface area (Å²) < 4.78 is 4.79. The third-order valence-electron chi connectivity index (χ3n) is 11.7. The average Bonchev–Trinajstić information content (AvgIpc) is 3.93. The van der Waals surface area contributed by atoms with Crippen molar-refractivity contribution in [3.8, 4) is 39.6 Å². The van der Waals surface area contributed by atoms with Crippen molar-refractivity contribution in [1.82, 2.24) is 19.5 Å². The first kappa shape index (κ1) is 32.1. The van der Waals surface area contributed by atoms with Crippen molar-refractivity contribution >= 4 is 53.3 Å². The molecule has 3 aromatic heterocycles. The summed E-state index contributed by atoms with van der Waals surface area (Å²) in [7, 11) is 0. The van der Waals surface area contributed by atoms with Crippen LogP contribution in [0.5, 0.6) is 0 Å². The fourth-order valence-corrected chi connectivity index (χ4v) is 10.4. The van der Waals surface area contributed by atoms with Crippen LogP contribution < -0.4 is 0 Å². The van der Waals surface area contributed by atoms with E-state index in [2.05, 4.69) is 199 Å². The Labute approximate surface area is 333 Å². The SMILES string of the molecule is c1ccc(C2(c3nc(-c4cccc(-c5ccc6c(c5)sc5ccccc56)c4)nc(-n4c5ccccc5c5ccccc54)n3)c3ccccc3-c3ccccc32)cc1. The highest BCUT2D eigenvalue weighted by molar-refractivity contribution is 7.25. The van der Waals surface area contributed by atoms with E-state index in [9.17, 15) is 0 Å². The molecule has 57 heavy (non-hydrogen) atoms. The van der Waals surface area contributed by atoms with Crippen molar-refractivity contribution in [2.24, 2.45) is 0 Å². The first-order chi connectivity index (χ1) is 28.3. The molecule has 0 amide bonds. The van der Waals surface area contributed by atoms with Gasteiger partial charge in [-0.15, -0.1) is 11.3 Å². The first-order valence-corrected chi connectivity index (χ1v) is 20.1. The Hall–Kier alpha value is -7.21. The van der Waals surface area contributed by atoms with Crippen molar-refractivity contribution in [1.29, 1.82) is 0 Å². The van der Waals surface area contributed by atoms with Gasteiger partial charge < -0.3 is 0 Å². The van der Waals surface area contributed by atoms with Crippen molar-refractivity contribution in [3.05, 3.63) is 217 Å². The molecule has 8 aromatic carbocycles. The zero-order valence-corrected chi connectivity index (χ0v) is 31.5. The molecule has 0 saturated carbocycles. The van der Waals surface area contributed by atoms with Crippen LogP contribution in [0.25, 0.3) is 81.6 Å². The number of thiophene rings is 1. The van der Waals surface area contributed by atoms with E-state index in [0.717, 1.165) is 55.2 Å². The molecule has 1 aliphatic carbocycles. The van der Waals surface area contributed by atoms with Crippen molar-refractivity contribution in [3.63, 3.8) is 0 Å². The normalized spacial score (nSPS) is 13.1. The number of hydrogen-bond donors (Lipinski definition) is 0. The Kier molecular flexibility index (Phi) is 6.98. The highest BCUT2D eigenvalue weighted by atomic mass is 32.1. The van der Waals surface area contributed by atoms with E-state index < -0.39 is 5.41 Å². The molecule has 1 aliphatic rings. The van der Waals surface area contributed by atoms with Crippen LogP contribution in [-0.4, -0.2) is 19.5 Å². The molecule has 0 atom stereocenters. The maximum Gasteiger partial charge on any atom is 0.238 e. The summed E-state index contributed by atoms with van der Waals surface area (Å²) in [6.45, 7) is 0. The smallest absolute Gasteiger partial charge is 0.238 e. The average molecular weight is 745 g/mol. The monoisotopic (exact) mass is 744 g/mol. The number of benzene rings is 8. The second-order valence-electron chi connectivity index (χ2n) is 14.7. The van der Waals surface area contributed by atoms with Crippen LogP contribution in [0.4, 0.5) is 0 Å². The fraction of sp³-hybridized carbons (Fsp3) is 0.0192. The lowest BCUT2D eigenvalue weighted by atomic mass is 9.71. The number of fused-ring (bicyclic) bond motifs is 9. The van der Waals surface area contributed by atoms with Gasteiger partial charge in [0, 0.05) is 36.5 Å². The van der Waals surface area contributed by atoms with Gasteiger partial charge in [-0.25, -0.2) is 4.98 Å². The Bertz CT molecular complexity index is 3280. The predicted octanol–water partition coefficient (Wildman–Crippen LogP) is 13.0. The molecule has 0 N–H and O–H groups in total. The number of aromatic nitrogens is 4. The van der Waals surface area contributed by atoms with Gasteiger partial charge in [0.1, 0.15) is 5.41 Å². The second kappa shape index (κ2) is 12.4. The Morgan fingerprint density at radius 3 is 1.72 bits per heavy atom. The molecule has 0 saturated heterocycles. The van der Waals surface area contributed by atoms with Gasteiger partial charge in [-0.05, 0) is 69.3 Å².